The number of anilines is 1. The molecule has 1 aromatic carbocycles. The predicted octanol–water partition coefficient (Wildman–Crippen LogP) is 2.16. The van der Waals surface area contributed by atoms with Crippen LogP contribution < -0.4 is 5.32 Å². The molecule has 3 heterocycles. The van der Waals surface area contributed by atoms with E-state index in [0.29, 0.717) is 11.3 Å². The molecule has 0 unspecified atom stereocenters. The molecule has 126 valence electrons. The molecule has 1 fully saturated rings. The summed E-state index contributed by atoms with van der Waals surface area (Å²) >= 11 is 0. The van der Waals surface area contributed by atoms with Crippen LogP contribution in [0.15, 0.2) is 30.6 Å². The molecule has 2 aromatic heterocycles. The van der Waals surface area contributed by atoms with Gasteiger partial charge in [0.05, 0.1) is 24.2 Å². The normalized spacial score (nSPS) is 16.0. The number of morpholine rings is 1. The maximum atomic E-state index is 13.5. The Bertz CT molecular complexity index is 843. The van der Waals surface area contributed by atoms with E-state index in [1.807, 2.05) is 10.6 Å². The van der Waals surface area contributed by atoms with Gasteiger partial charge in [-0.3, -0.25) is 9.30 Å². The molecule has 6 nitrogen and oxygen atoms in total. The second-order valence-corrected chi connectivity index (χ2v) is 5.95. The summed E-state index contributed by atoms with van der Waals surface area (Å²) in [5.41, 5.74) is 2.24. The molecule has 4 rings (SSSR count). The Morgan fingerprint density at radius 3 is 3.00 bits per heavy atom. The summed E-state index contributed by atoms with van der Waals surface area (Å²) in [6, 6.07) is 4.63. The summed E-state index contributed by atoms with van der Waals surface area (Å²) in [6.45, 7) is 5.47. The molecular weight excluding hydrogens is 309 g/mol. The van der Waals surface area contributed by atoms with Gasteiger partial charge in [0.15, 0.2) is 11.5 Å². The van der Waals surface area contributed by atoms with Gasteiger partial charge in [0.2, 0.25) is 0 Å². The van der Waals surface area contributed by atoms with Gasteiger partial charge in [-0.05, 0) is 25.1 Å². The van der Waals surface area contributed by atoms with Crippen LogP contribution in [-0.4, -0.2) is 58.7 Å². The molecule has 3 aromatic rings. The highest BCUT2D eigenvalue weighted by Gasteiger charge is 2.11. The number of hydrogen-bond donors (Lipinski definition) is 1. The zero-order valence-electron chi connectivity index (χ0n) is 13.4. The molecule has 0 amide bonds. The van der Waals surface area contributed by atoms with Crippen molar-refractivity contribution in [3.8, 4) is 0 Å². The third kappa shape index (κ3) is 3.05. The maximum absolute atomic E-state index is 13.5. The van der Waals surface area contributed by atoms with Crippen molar-refractivity contribution in [3.05, 3.63) is 36.4 Å². The number of aromatic nitrogens is 3. The third-order valence-corrected chi connectivity index (χ3v) is 4.33. The van der Waals surface area contributed by atoms with E-state index in [1.54, 1.807) is 12.3 Å². The first kappa shape index (κ1) is 15.3. The van der Waals surface area contributed by atoms with Gasteiger partial charge in [-0.2, -0.15) is 0 Å². The van der Waals surface area contributed by atoms with Crippen molar-refractivity contribution in [2.45, 2.75) is 6.42 Å². The molecule has 1 N–H and O–H groups in total. The maximum Gasteiger partial charge on any atom is 0.180 e. The Morgan fingerprint density at radius 1 is 1.25 bits per heavy atom. The van der Waals surface area contributed by atoms with Crippen LogP contribution >= 0.6 is 0 Å². The van der Waals surface area contributed by atoms with Crippen molar-refractivity contribution < 1.29 is 9.13 Å². The number of benzene rings is 1. The van der Waals surface area contributed by atoms with E-state index in [-0.39, 0.29) is 5.82 Å². The van der Waals surface area contributed by atoms with Gasteiger partial charge < -0.3 is 10.1 Å². The first-order chi connectivity index (χ1) is 11.8. The van der Waals surface area contributed by atoms with E-state index in [9.17, 15) is 4.39 Å². The Kier molecular flexibility index (Phi) is 4.27. The monoisotopic (exact) mass is 329 g/mol. The predicted molar refractivity (Wildman–Crippen MR) is 90.8 cm³/mol. The molecule has 1 saturated heterocycles. The van der Waals surface area contributed by atoms with Gasteiger partial charge in [0.1, 0.15) is 5.82 Å². The van der Waals surface area contributed by atoms with E-state index >= 15 is 0 Å². The average molecular weight is 329 g/mol. The highest BCUT2D eigenvalue weighted by Crippen LogP contribution is 2.21. The summed E-state index contributed by atoms with van der Waals surface area (Å²) < 4.78 is 20.8. The quantitative estimate of drug-likeness (QED) is 0.727. The molecule has 7 heteroatoms. The van der Waals surface area contributed by atoms with Gasteiger partial charge in [0.25, 0.3) is 0 Å². The summed E-state index contributed by atoms with van der Waals surface area (Å²) in [5, 5.41) is 3.35. The van der Waals surface area contributed by atoms with Crippen LogP contribution in [0.25, 0.3) is 16.7 Å². The number of imidazole rings is 1. The molecule has 0 spiro atoms. The molecule has 0 bridgehead atoms. The Morgan fingerprint density at radius 2 is 2.12 bits per heavy atom. The van der Waals surface area contributed by atoms with E-state index in [1.165, 1.54) is 12.1 Å². The van der Waals surface area contributed by atoms with Gasteiger partial charge >= 0.3 is 0 Å². The smallest absolute Gasteiger partial charge is 0.180 e. The van der Waals surface area contributed by atoms with Gasteiger partial charge in [-0.1, -0.05) is 0 Å². The van der Waals surface area contributed by atoms with Crippen molar-refractivity contribution in [1.29, 1.82) is 0 Å². The lowest BCUT2D eigenvalue weighted by Gasteiger charge is -2.26. The number of ether oxygens (including phenoxy) is 1. The summed E-state index contributed by atoms with van der Waals surface area (Å²) in [5.74, 6) is 0.410. The zero-order chi connectivity index (χ0) is 16.4. The van der Waals surface area contributed by atoms with Crippen molar-refractivity contribution in [2.75, 3.05) is 44.7 Å². The SMILES string of the molecule is Fc1ccc2c(c1)nc(NCCCN1CCOCC1)c1nccn12. The second-order valence-electron chi connectivity index (χ2n) is 5.95. The van der Waals surface area contributed by atoms with Gasteiger partial charge in [-0.25, -0.2) is 14.4 Å². The molecule has 0 saturated carbocycles. The zero-order valence-corrected chi connectivity index (χ0v) is 13.4. The first-order valence-corrected chi connectivity index (χ1v) is 8.27. The van der Waals surface area contributed by atoms with E-state index in [2.05, 4.69) is 20.2 Å². The van der Waals surface area contributed by atoms with Crippen molar-refractivity contribution in [3.63, 3.8) is 0 Å². The molecule has 0 radical (unpaired) electrons. The number of fused-ring (bicyclic) bond motifs is 3. The second kappa shape index (κ2) is 6.70. The van der Waals surface area contributed by atoms with Crippen molar-refractivity contribution in [1.82, 2.24) is 19.3 Å². The van der Waals surface area contributed by atoms with Gasteiger partial charge in [0, 0.05) is 38.1 Å². The number of nitrogens with one attached hydrogen (secondary N) is 1. The minimum Gasteiger partial charge on any atom is -0.379 e. The highest BCUT2D eigenvalue weighted by molar-refractivity contribution is 5.82. The fourth-order valence-corrected chi connectivity index (χ4v) is 3.09. The first-order valence-electron chi connectivity index (χ1n) is 8.27. The van der Waals surface area contributed by atoms with Crippen molar-refractivity contribution in [2.24, 2.45) is 0 Å². The van der Waals surface area contributed by atoms with E-state index in [0.717, 1.165) is 57.0 Å². The average Bonchev–Trinajstić information content (AvgIpc) is 3.09. The van der Waals surface area contributed by atoms with Crippen LogP contribution in [-0.2, 0) is 4.74 Å². The topological polar surface area (TPSA) is 54.7 Å². The molecule has 1 aliphatic heterocycles. The summed E-state index contributed by atoms with van der Waals surface area (Å²) in [6.07, 6.45) is 4.62. The molecule has 24 heavy (non-hydrogen) atoms. The lowest BCUT2D eigenvalue weighted by atomic mass is 10.3. The number of nitrogens with zero attached hydrogens (tertiary/aromatic N) is 4. The minimum absolute atomic E-state index is 0.285. The number of rotatable bonds is 5. The Hall–Kier alpha value is -2.25. The lowest BCUT2D eigenvalue weighted by Crippen LogP contribution is -2.37. The molecule has 1 aliphatic rings. The molecule has 0 aliphatic carbocycles. The van der Waals surface area contributed by atoms with Crippen LogP contribution in [0.4, 0.5) is 10.2 Å². The molecular formula is C17H20FN5O. The standard InChI is InChI=1S/C17H20FN5O/c18-13-2-3-15-14(12-13)21-16(17-20-5-7-23(15)17)19-4-1-6-22-8-10-24-11-9-22/h2-3,5,7,12H,1,4,6,8-11H2,(H,19,21). The van der Waals surface area contributed by atoms with Crippen LogP contribution in [0.2, 0.25) is 0 Å². The highest BCUT2D eigenvalue weighted by atomic mass is 19.1. The van der Waals surface area contributed by atoms with Gasteiger partial charge in [-0.15, -0.1) is 0 Å². The van der Waals surface area contributed by atoms with E-state index in [4.69, 9.17) is 4.74 Å². The van der Waals surface area contributed by atoms with Crippen LogP contribution in [0.3, 0.4) is 0 Å². The lowest BCUT2D eigenvalue weighted by molar-refractivity contribution is 0.0378. The van der Waals surface area contributed by atoms with Crippen LogP contribution in [0.1, 0.15) is 6.42 Å². The fourth-order valence-electron chi connectivity index (χ4n) is 3.09. The van der Waals surface area contributed by atoms with Crippen LogP contribution in [0.5, 0.6) is 0 Å². The van der Waals surface area contributed by atoms with Crippen LogP contribution in [0, 0.1) is 5.82 Å². The summed E-state index contributed by atoms with van der Waals surface area (Å²) in [4.78, 5) is 11.3. The Balaban J connectivity index is 1.49. The Labute approximate surface area is 139 Å². The van der Waals surface area contributed by atoms with E-state index < -0.39 is 0 Å². The third-order valence-electron chi connectivity index (χ3n) is 4.33. The minimum atomic E-state index is -0.285. The van der Waals surface area contributed by atoms with Crippen molar-refractivity contribution >= 4 is 22.5 Å². The fraction of sp³-hybridized carbons (Fsp3) is 0.412. The largest absolute Gasteiger partial charge is 0.379 e. The number of hydrogen-bond acceptors (Lipinski definition) is 5. The summed E-state index contributed by atoms with van der Waals surface area (Å²) in [7, 11) is 0. The molecule has 0 atom stereocenters. The number of halogens is 1.